The molecule has 0 atom stereocenters. The third-order valence-electron chi connectivity index (χ3n) is 1.48. The summed E-state index contributed by atoms with van der Waals surface area (Å²) in [5.41, 5.74) is 2.99. The molecule has 0 aromatic heterocycles. The van der Waals surface area contributed by atoms with Crippen LogP contribution in [0.2, 0.25) is 0 Å². The third kappa shape index (κ3) is 4.46. The average molecular weight is 267 g/mol. The molecule has 0 saturated carbocycles. The number of nitrogens with one attached hydrogen (secondary N) is 1. The number of anilines is 1. The van der Waals surface area contributed by atoms with Gasteiger partial charge in [-0.05, 0) is 24.3 Å². The van der Waals surface area contributed by atoms with Crippen molar-refractivity contribution in [3.8, 4) is 0 Å². The van der Waals surface area contributed by atoms with Crippen molar-refractivity contribution in [3.05, 3.63) is 30.1 Å². The monoisotopic (exact) mass is 266 g/mol. The first-order valence-corrected chi connectivity index (χ1v) is 4.34. The highest BCUT2D eigenvalue weighted by Gasteiger charge is 2.07. The van der Waals surface area contributed by atoms with E-state index in [9.17, 15) is 9.18 Å². The molecule has 1 rings (SSSR count). The molecule has 0 heterocycles. The summed E-state index contributed by atoms with van der Waals surface area (Å²) in [4.78, 5) is 10.8. The number of halogens is 3. The lowest BCUT2D eigenvalue weighted by Gasteiger charge is -2.00. The molecule has 0 bridgehead atoms. The van der Waals surface area contributed by atoms with Crippen LogP contribution in [0, 0.1) is 5.82 Å². The van der Waals surface area contributed by atoms with E-state index < -0.39 is 5.97 Å². The Morgan fingerprint density at radius 3 is 2.50 bits per heavy atom. The molecule has 0 aliphatic carbocycles. The molecule has 4 nitrogen and oxygen atoms in total. The van der Waals surface area contributed by atoms with Crippen LogP contribution in [0.15, 0.2) is 29.4 Å². The van der Waals surface area contributed by atoms with Crippen molar-refractivity contribution < 1.29 is 13.9 Å². The second-order valence-electron chi connectivity index (χ2n) is 2.51. The number of carbonyl (C=O) groups excluding carboxylic acids is 1. The van der Waals surface area contributed by atoms with Crippen LogP contribution in [0.25, 0.3) is 0 Å². The van der Waals surface area contributed by atoms with Crippen molar-refractivity contribution >= 4 is 40.8 Å². The number of methoxy groups -OCH3 is 1. The third-order valence-corrected chi connectivity index (χ3v) is 1.72. The lowest BCUT2D eigenvalue weighted by molar-refractivity contribution is -0.132. The van der Waals surface area contributed by atoms with E-state index >= 15 is 0 Å². The zero-order valence-corrected chi connectivity index (χ0v) is 9.81. The zero-order chi connectivity index (χ0) is 11.3. The van der Waals surface area contributed by atoms with Crippen LogP contribution in [0.5, 0.6) is 0 Å². The molecule has 0 saturated heterocycles. The van der Waals surface area contributed by atoms with Gasteiger partial charge in [0.25, 0.3) is 0 Å². The Morgan fingerprint density at radius 1 is 1.44 bits per heavy atom. The Labute approximate surface area is 103 Å². The van der Waals surface area contributed by atoms with Gasteiger partial charge in [-0.15, -0.1) is 12.4 Å². The predicted octanol–water partition coefficient (Wildman–Crippen LogP) is 2.38. The fourth-order valence-corrected chi connectivity index (χ4v) is 0.887. The first-order valence-electron chi connectivity index (χ1n) is 3.96. The van der Waals surface area contributed by atoms with Crippen molar-refractivity contribution in [3.63, 3.8) is 0 Å². The van der Waals surface area contributed by atoms with E-state index in [1.165, 1.54) is 31.4 Å². The summed E-state index contributed by atoms with van der Waals surface area (Å²) >= 11 is 5.45. The molecule has 0 amide bonds. The van der Waals surface area contributed by atoms with Gasteiger partial charge in [0.2, 0.25) is 5.17 Å². The molecule has 1 N–H and O–H groups in total. The molecule has 1 aromatic carbocycles. The van der Waals surface area contributed by atoms with E-state index in [1.54, 1.807) is 0 Å². The summed E-state index contributed by atoms with van der Waals surface area (Å²) in [6.45, 7) is 0. The van der Waals surface area contributed by atoms with Crippen LogP contribution in [0.1, 0.15) is 0 Å². The van der Waals surface area contributed by atoms with Crippen LogP contribution in [-0.2, 0) is 9.53 Å². The van der Waals surface area contributed by atoms with Gasteiger partial charge in [-0.2, -0.15) is 5.10 Å². The molecule has 0 spiro atoms. The van der Waals surface area contributed by atoms with E-state index in [0.717, 1.165) is 0 Å². The van der Waals surface area contributed by atoms with Crippen LogP contribution in [0.4, 0.5) is 10.1 Å². The number of nitrogens with zero attached hydrogens (tertiary/aromatic N) is 1. The minimum Gasteiger partial charge on any atom is -0.464 e. The maximum absolute atomic E-state index is 12.5. The first-order chi connectivity index (χ1) is 7.13. The number of carbonyl (C=O) groups is 1. The van der Waals surface area contributed by atoms with E-state index in [1.807, 2.05) is 0 Å². The van der Waals surface area contributed by atoms with Gasteiger partial charge in [-0.25, -0.2) is 9.18 Å². The molecule has 16 heavy (non-hydrogen) atoms. The number of ether oxygens (including phenoxy) is 1. The van der Waals surface area contributed by atoms with Gasteiger partial charge in [-0.3, -0.25) is 5.43 Å². The Morgan fingerprint density at radius 2 is 2.00 bits per heavy atom. The highest BCUT2D eigenvalue weighted by atomic mass is 35.5. The Balaban J connectivity index is 0.00000225. The number of esters is 1. The summed E-state index contributed by atoms with van der Waals surface area (Å²) in [7, 11) is 1.19. The van der Waals surface area contributed by atoms with Crippen LogP contribution in [-0.4, -0.2) is 18.2 Å². The number of benzene rings is 1. The lowest BCUT2D eigenvalue weighted by Crippen LogP contribution is -2.11. The Bertz CT molecular complexity index is 382. The molecule has 0 fully saturated rings. The largest absolute Gasteiger partial charge is 0.464 e. The standard InChI is InChI=1S/C9H8ClFN2O2.ClH/c1-15-9(14)8(10)13-12-7-4-2-6(11)3-5-7;/h2-5,12H,1H3;1H/b13-8+;. The van der Waals surface area contributed by atoms with Gasteiger partial charge in [0, 0.05) is 0 Å². The van der Waals surface area contributed by atoms with Gasteiger partial charge in [-0.1, -0.05) is 11.6 Å². The Kier molecular flexibility index (Phi) is 6.44. The molecule has 0 radical (unpaired) electrons. The summed E-state index contributed by atoms with van der Waals surface area (Å²) in [5.74, 6) is -1.10. The second kappa shape index (κ2) is 7.03. The van der Waals surface area contributed by atoms with Crippen LogP contribution >= 0.6 is 24.0 Å². The predicted molar refractivity (Wildman–Crippen MR) is 62.6 cm³/mol. The van der Waals surface area contributed by atoms with Crippen molar-refractivity contribution in [1.29, 1.82) is 0 Å². The molecule has 0 aliphatic heterocycles. The number of rotatable bonds is 3. The van der Waals surface area contributed by atoms with E-state index in [0.29, 0.717) is 5.69 Å². The molecular formula is C9H9Cl2FN2O2. The maximum atomic E-state index is 12.5. The van der Waals surface area contributed by atoms with Crippen molar-refractivity contribution in [2.75, 3.05) is 12.5 Å². The van der Waals surface area contributed by atoms with Gasteiger partial charge in [0.15, 0.2) is 0 Å². The number of hydrogen-bond donors (Lipinski definition) is 1. The Hall–Kier alpha value is -1.33. The topological polar surface area (TPSA) is 50.7 Å². The highest BCUT2D eigenvalue weighted by molar-refractivity contribution is 6.82. The maximum Gasteiger partial charge on any atom is 0.370 e. The fraction of sp³-hybridized carbons (Fsp3) is 0.111. The van der Waals surface area contributed by atoms with Crippen molar-refractivity contribution in [2.24, 2.45) is 5.10 Å². The SMILES string of the molecule is COC(=O)/C(Cl)=N\Nc1ccc(F)cc1.Cl. The minimum absolute atomic E-state index is 0. The minimum atomic E-state index is -0.744. The normalized spacial score (nSPS) is 10.3. The lowest BCUT2D eigenvalue weighted by atomic mass is 10.3. The van der Waals surface area contributed by atoms with Gasteiger partial charge in [0.05, 0.1) is 12.8 Å². The molecule has 0 aliphatic rings. The summed E-state index contributed by atoms with van der Waals surface area (Å²) < 4.78 is 16.8. The van der Waals surface area contributed by atoms with E-state index in [4.69, 9.17) is 11.6 Å². The summed E-state index contributed by atoms with van der Waals surface area (Å²) in [6.07, 6.45) is 0. The molecule has 0 unspecified atom stereocenters. The number of hydrazone groups is 1. The molecule has 1 aromatic rings. The smallest absolute Gasteiger partial charge is 0.370 e. The molecule has 88 valence electrons. The highest BCUT2D eigenvalue weighted by Crippen LogP contribution is 2.08. The van der Waals surface area contributed by atoms with Gasteiger partial charge < -0.3 is 4.74 Å². The van der Waals surface area contributed by atoms with Crippen molar-refractivity contribution in [1.82, 2.24) is 0 Å². The van der Waals surface area contributed by atoms with E-state index in [-0.39, 0.29) is 23.4 Å². The van der Waals surface area contributed by atoms with Gasteiger partial charge in [0.1, 0.15) is 5.82 Å². The van der Waals surface area contributed by atoms with Gasteiger partial charge >= 0.3 is 5.97 Å². The second-order valence-corrected chi connectivity index (χ2v) is 2.87. The average Bonchev–Trinajstić information content (AvgIpc) is 2.26. The molecule has 7 heteroatoms. The zero-order valence-electron chi connectivity index (χ0n) is 8.24. The quantitative estimate of drug-likeness (QED) is 0.519. The van der Waals surface area contributed by atoms with Crippen LogP contribution in [0.3, 0.4) is 0 Å². The van der Waals surface area contributed by atoms with Crippen molar-refractivity contribution in [2.45, 2.75) is 0 Å². The summed E-state index contributed by atoms with van der Waals surface area (Å²) in [6, 6.07) is 5.42. The number of hydrogen-bond acceptors (Lipinski definition) is 4. The fourth-order valence-electron chi connectivity index (χ4n) is 0.768. The van der Waals surface area contributed by atoms with Crippen LogP contribution < -0.4 is 5.43 Å². The molecular weight excluding hydrogens is 258 g/mol. The summed E-state index contributed by atoms with van der Waals surface area (Å²) in [5, 5.41) is 3.20. The first kappa shape index (κ1) is 14.7. The van der Waals surface area contributed by atoms with E-state index in [2.05, 4.69) is 15.3 Å².